The van der Waals surface area contributed by atoms with Crippen LogP contribution in [-0.2, 0) is 25.9 Å². The molecule has 1 aromatic carbocycles. The van der Waals surface area contributed by atoms with Crippen molar-refractivity contribution in [3.8, 4) is 6.07 Å². The number of thiazole rings is 1. The molecule has 0 unspecified atom stereocenters. The van der Waals surface area contributed by atoms with Gasteiger partial charge in [-0.25, -0.2) is 9.98 Å². The molecule has 1 aromatic heterocycles. The Morgan fingerprint density at radius 1 is 1.37 bits per heavy atom. The van der Waals surface area contributed by atoms with Crippen molar-refractivity contribution in [2.24, 2.45) is 4.99 Å². The van der Waals surface area contributed by atoms with E-state index in [1.165, 1.54) is 29.8 Å². The van der Waals surface area contributed by atoms with Gasteiger partial charge < -0.3 is 10.2 Å². The fraction of sp³-hybridized carbons (Fsp3) is 0.450. The topological polar surface area (TPSA) is 64.3 Å². The zero-order valence-electron chi connectivity index (χ0n) is 15.9. The maximum absolute atomic E-state index is 9.03. The Kier molecular flexibility index (Phi) is 8.51. The Hall–Kier alpha value is -1.66. The van der Waals surface area contributed by atoms with Crippen LogP contribution in [0.4, 0.5) is 0 Å². The van der Waals surface area contributed by atoms with E-state index >= 15 is 0 Å². The first-order valence-corrected chi connectivity index (χ1v) is 9.97. The largest absolute Gasteiger partial charge is 0.357 e. The molecule has 7 heteroatoms. The van der Waals surface area contributed by atoms with Crippen molar-refractivity contribution < 1.29 is 0 Å². The van der Waals surface area contributed by atoms with Gasteiger partial charge in [0, 0.05) is 18.5 Å². The number of nitriles is 1. The summed E-state index contributed by atoms with van der Waals surface area (Å²) in [5.41, 5.74) is 3.02. The molecule has 0 fully saturated rings. The summed E-state index contributed by atoms with van der Waals surface area (Å²) < 4.78 is 0. The highest BCUT2D eigenvalue weighted by molar-refractivity contribution is 14.0. The fourth-order valence-corrected chi connectivity index (χ4v) is 4.34. The zero-order chi connectivity index (χ0) is 18.4. The number of hydrogen-bond acceptors (Lipinski definition) is 4. The van der Waals surface area contributed by atoms with Gasteiger partial charge in [0.1, 0.15) is 5.01 Å². The molecule has 0 saturated carbocycles. The number of nitrogens with one attached hydrogen (secondary N) is 1. The number of guanidine groups is 1. The number of halogens is 1. The van der Waals surface area contributed by atoms with Crippen LogP contribution in [0.5, 0.6) is 0 Å². The molecular formula is C20H26IN5S. The van der Waals surface area contributed by atoms with Crippen molar-refractivity contribution >= 4 is 41.3 Å². The van der Waals surface area contributed by atoms with Gasteiger partial charge in [0.2, 0.25) is 0 Å². The third kappa shape index (κ3) is 5.91. The molecule has 0 amide bonds. The molecule has 1 aliphatic rings. The molecule has 144 valence electrons. The van der Waals surface area contributed by atoms with E-state index < -0.39 is 0 Å². The summed E-state index contributed by atoms with van der Waals surface area (Å²) in [5, 5.41) is 13.5. The van der Waals surface area contributed by atoms with Gasteiger partial charge in [-0.15, -0.1) is 35.3 Å². The van der Waals surface area contributed by atoms with Crippen LogP contribution in [0.1, 0.15) is 46.5 Å². The van der Waals surface area contributed by atoms with Gasteiger partial charge in [0.15, 0.2) is 5.96 Å². The average molecular weight is 495 g/mol. The summed E-state index contributed by atoms with van der Waals surface area (Å²) >= 11 is 1.85. The van der Waals surface area contributed by atoms with Gasteiger partial charge in [-0.1, -0.05) is 12.1 Å². The van der Waals surface area contributed by atoms with Gasteiger partial charge >= 0.3 is 0 Å². The van der Waals surface area contributed by atoms with E-state index in [0.717, 1.165) is 36.0 Å². The van der Waals surface area contributed by atoms with Crippen molar-refractivity contribution in [1.82, 2.24) is 15.2 Å². The maximum Gasteiger partial charge on any atom is 0.194 e. The third-order valence-corrected chi connectivity index (χ3v) is 5.57. The van der Waals surface area contributed by atoms with E-state index in [1.54, 1.807) is 0 Å². The zero-order valence-corrected chi connectivity index (χ0v) is 19.0. The summed E-state index contributed by atoms with van der Waals surface area (Å²) in [5.74, 6) is 0.864. The summed E-state index contributed by atoms with van der Waals surface area (Å²) in [6.45, 7) is 4.20. The minimum atomic E-state index is 0. The molecule has 1 aliphatic carbocycles. The lowest BCUT2D eigenvalue weighted by molar-refractivity contribution is 0.474. The Labute approximate surface area is 182 Å². The molecule has 0 atom stereocenters. The monoisotopic (exact) mass is 495 g/mol. The quantitative estimate of drug-likeness (QED) is 0.385. The van der Waals surface area contributed by atoms with Gasteiger partial charge in [0.05, 0.1) is 30.4 Å². The highest BCUT2D eigenvalue weighted by Crippen LogP contribution is 2.27. The third-order valence-electron chi connectivity index (χ3n) is 4.43. The molecule has 0 bridgehead atoms. The Morgan fingerprint density at radius 3 is 2.93 bits per heavy atom. The number of fused-ring (bicyclic) bond motifs is 1. The Morgan fingerprint density at radius 2 is 2.19 bits per heavy atom. The Balaban J connectivity index is 0.00000261. The average Bonchev–Trinajstić information content (AvgIpc) is 3.07. The first-order chi connectivity index (χ1) is 12.7. The van der Waals surface area contributed by atoms with Crippen molar-refractivity contribution in [2.75, 3.05) is 13.6 Å². The van der Waals surface area contributed by atoms with Gasteiger partial charge in [-0.05, 0) is 50.3 Å². The van der Waals surface area contributed by atoms with E-state index in [0.29, 0.717) is 12.1 Å². The summed E-state index contributed by atoms with van der Waals surface area (Å²) in [6, 6.07) is 9.79. The molecular weight excluding hydrogens is 469 g/mol. The second kappa shape index (κ2) is 10.6. The number of nitrogens with zero attached hydrogens (tertiary/aromatic N) is 4. The summed E-state index contributed by atoms with van der Waals surface area (Å²) in [4.78, 5) is 13.2. The Bertz CT molecular complexity index is 801. The number of aliphatic imine (C=N–C) groups is 1. The molecule has 1 heterocycles. The van der Waals surface area contributed by atoms with Gasteiger partial charge in [-0.3, -0.25) is 0 Å². The van der Waals surface area contributed by atoms with Crippen LogP contribution in [0.25, 0.3) is 0 Å². The van der Waals surface area contributed by atoms with Crippen LogP contribution >= 0.6 is 35.3 Å². The fourth-order valence-electron chi connectivity index (χ4n) is 3.13. The lowest BCUT2D eigenvalue weighted by atomic mass is 10.0. The van der Waals surface area contributed by atoms with Crippen molar-refractivity contribution in [1.29, 1.82) is 5.26 Å². The lowest BCUT2D eigenvalue weighted by Gasteiger charge is -2.21. The highest BCUT2D eigenvalue weighted by atomic mass is 127. The lowest BCUT2D eigenvalue weighted by Crippen LogP contribution is -2.38. The van der Waals surface area contributed by atoms with E-state index in [2.05, 4.69) is 23.2 Å². The molecule has 3 rings (SSSR count). The number of rotatable bonds is 5. The molecule has 0 aliphatic heterocycles. The number of hydrogen-bond donors (Lipinski definition) is 1. The van der Waals surface area contributed by atoms with Crippen LogP contribution in [0, 0.1) is 11.3 Å². The standard InChI is InChI=1S/C20H25N5S.HI/c1-3-22-20(23-13-16-8-6-7-15(11-16)12-21)25(2)14-19-24-17-9-4-5-10-18(17)26-19;/h6-8,11H,3-5,9-10,13-14H2,1-2H3,(H,22,23);1H. The van der Waals surface area contributed by atoms with Gasteiger partial charge in [-0.2, -0.15) is 5.26 Å². The van der Waals surface area contributed by atoms with Crippen LogP contribution in [0.2, 0.25) is 0 Å². The van der Waals surface area contributed by atoms with E-state index in [9.17, 15) is 0 Å². The minimum Gasteiger partial charge on any atom is -0.357 e. The predicted octanol–water partition coefficient (Wildman–Crippen LogP) is 4.11. The number of aromatic nitrogens is 1. The normalized spacial score (nSPS) is 13.3. The highest BCUT2D eigenvalue weighted by Gasteiger charge is 2.16. The molecule has 0 radical (unpaired) electrons. The van der Waals surface area contributed by atoms with Crippen molar-refractivity contribution in [3.05, 3.63) is 51.0 Å². The summed E-state index contributed by atoms with van der Waals surface area (Å²) in [6.07, 6.45) is 4.85. The number of aryl methyl sites for hydroxylation is 2. The smallest absolute Gasteiger partial charge is 0.194 e. The molecule has 5 nitrogen and oxygen atoms in total. The van der Waals surface area contributed by atoms with Gasteiger partial charge in [0.25, 0.3) is 0 Å². The first-order valence-electron chi connectivity index (χ1n) is 9.15. The SMILES string of the molecule is CCNC(=NCc1cccc(C#N)c1)N(C)Cc1nc2c(s1)CCCC2.I. The minimum absolute atomic E-state index is 0. The van der Waals surface area contributed by atoms with E-state index in [-0.39, 0.29) is 24.0 Å². The molecule has 2 aromatic rings. The maximum atomic E-state index is 9.03. The van der Waals surface area contributed by atoms with Crippen LogP contribution in [0.15, 0.2) is 29.3 Å². The molecule has 0 saturated heterocycles. The van der Waals surface area contributed by atoms with Crippen LogP contribution in [0.3, 0.4) is 0 Å². The van der Waals surface area contributed by atoms with Crippen LogP contribution in [-0.4, -0.2) is 29.4 Å². The molecule has 27 heavy (non-hydrogen) atoms. The second-order valence-corrected chi connectivity index (χ2v) is 7.69. The van der Waals surface area contributed by atoms with Crippen molar-refractivity contribution in [3.63, 3.8) is 0 Å². The second-order valence-electron chi connectivity index (χ2n) is 6.52. The predicted molar refractivity (Wildman–Crippen MR) is 122 cm³/mol. The van der Waals surface area contributed by atoms with Crippen LogP contribution < -0.4 is 5.32 Å². The van der Waals surface area contributed by atoms with E-state index in [4.69, 9.17) is 15.2 Å². The molecule has 0 spiro atoms. The summed E-state index contributed by atoms with van der Waals surface area (Å²) in [7, 11) is 2.05. The first kappa shape index (κ1) is 21.6. The number of benzene rings is 1. The molecule has 1 N–H and O–H groups in total. The van der Waals surface area contributed by atoms with E-state index in [1.807, 2.05) is 42.6 Å². The van der Waals surface area contributed by atoms with Crippen molar-refractivity contribution in [2.45, 2.75) is 45.7 Å².